The number of aromatic nitrogens is 2. The van der Waals surface area contributed by atoms with E-state index in [1.54, 1.807) is 0 Å². The fourth-order valence-electron chi connectivity index (χ4n) is 2.29. The quantitative estimate of drug-likeness (QED) is 0.534. The van der Waals surface area contributed by atoms with Crippen molar-refractivity contribution >= 4 is 34.4 Å². The van der Waals surface area contributed by atoms with Crippen LogP contribution in [-0.2, 0) is 11.3 Å². The van der Waals surface area contributed by atoms with Crippen molar-refractivity contribution in [2.45, 2.75) is 11.7 Å². The molecule has 0 aliphatic rings. The Morgan fingerprint density at radius 1 is 1.04 bits per heavy atom. The molecule has 2 aromatic carbocycles. The van der Waals surface area contributed by atoms with Gasteiger partial charge < -0.3 is 10.6 Å². The predicted octanol–water partition coefficient (Wildman–Crippen LogP) is 3.08. The molecule has 0 unspecified atom stereocenters. The Labute approximate surface area is 144 Å². The molecule has 1 amide bonds. The maximum atomic E-state index is 12.0. The van der Waals surface area contributed by atoms with Crippen LogP contribution in [0.4, 0.5) is 5.82 Å². The number of anilines is 1. The smallest absolute Gasteiger partial charge is 0.230 e. The van der Waals surface area contributed by atoms with Gasteiger partial charge in [-0.2, -0.15) is 0 Å². The standard InChI is InChI=1S/C18H18N4OS/c1-19-17-14-9-5-6-10-15(14)21-18(22-17)24-12-16(23)20-11-13-7-3-2-4-8-13/h2-10H,11-12H2,1H3,(H,20,23)(H,19,21,22). The van der Waals surface area contributed by atoms with Crippen molar-refractivity contribution < 1.29 is 4.79 Å². The number of benzene rings is 2. The Bertz CT molecular complexity index is 839. The summed E-state index contributed by atoms with van der Waals surface area (Å²) in [5, 5.41) is 7.54. The molecule has 0 aliphatic carbocycles. The van der Waals surface area contributed by atoms with Crippen LogP contribution in [0.15, 0.2) is 59.8 Å². The molecule has 6 heteroatoms. The molecule has 0 saturated carbocycles. The molecule has 0 bridgehead atoms. The molecule has 122 valence electrons. The van der Waals surface area contributed by atoms with Crippen molar-refractivity contribution in [3.8, 4) is 0 Å². The maximum Gasteiger partial charge on any atom is 0.230 e. The first-order valence-corrected chi connectivity index (χ1v) is 8.63. The average Bonchev–Trinajstić information content (AvgIpc) is 2.64. The van der Waals surface area contributed by atoms with Crippen LogP contribution in [0.5, 0.6) is 0 Å². The van der Waals surface area contributed by atoms with E-state index in [2.05, 4.69) is 20.6 Å². The topological polar surface area (TPSA) is 66.9 Å². The van der Waals surface area contributed by atoms with E-state index < -0.39 is 0 Å². The maximum absolute atomic E-state index is 12.0. The van der Waals surface area contributed by atoms with Crippen molar-refractivity contribution in [2.24, 2.45) is 0 Å². The highest BCUT2D eigenvalue weighted by molar-refractivity contribution is 7.99. The molecule has 0 fully saturated rings. The van der Waals surface area contributed by atoms with Gasteiger partial charge in [0.15, 0.2) is 5.16 Å². The normalized spacial score (nSPS) is 10.5. The van der Waals surface area contributed by atoms with Gasteiger partial charge in [-0.25, -0.2) is 9.97 Å². The van der Waals surface area contributed by atoms with E-state index in [0.717, 1.165) is 22.3 Å². The number of hydrogen-bond acceptors (Lipinski definition) is 5. The number of amides is 1. The second-order valence-electron chi connectivity index (χ2n) is 5.17. The van der Waals surface area contributed by atoms with Gasteiger partial charge in [-0.3, -0.25) is 4.79 Å². The molecule has 2 N–H and O–H groups in total. The van der Waals surface area contributed by atoms with Crippen LogP contribution >= 0.6 is 11.8 Å². The van der Waals surface area contributed by atoms with Crippen LogP contribution in [-0.4, -0.2) is 28.7 Å². The largest absolute Gasteiger partial charge is 0.372 e. The van der Waals surface area contributed by atoms with Gasteiger partial charge in [0.05, 0.1) is 11.3 Å². The summed E-state index contributed by atoms with van der Waals surface area (Å²) in [5.74, 6) is 1.02. The average molecular weight is 338 g/mol. The number of nitrogens with one attached hydrogen (secondary N) is 2. The van der Waals surface area contributed by atoms with Gasteiger partial charge in [-0.15, -0.1) is 0 Å². The highest BCUT2D eigenvalue weighted by Gasteiger charge is 2.09. The van der Waals surface area contributed by atoms with Crippen LogP contribution in [0.25, 0.3) is 10.9 Å². The zero-order valence-corrected chi connectivity index (χ0v) is 14.1. The summed E-state index contributed by atoms with van der Waals surface area (Å²) in [6, 6.07) is 17.7. The summed E-state index contributed by atoms with van der Waals surface area (Å²) >= 11 is 1.33. The molecular weight excluding hydrogens is 320 g/mol. The third-order valence-electron chi connectivity index (χ3n) is 3.48. The van der Waals surface area contributed by atoms with Gasteiger partial charge in [0.25, 0.3) is 0 Å². The molecule has 1 aromatic heterocycles. The third kappa shape index (κ3) is 4.02. The van der Waals surface area contributed by atoms with E-state index in [-0.39, 0.29) is 11.7 Å². The van der Waals surface area contributed by atoms with Crippen LogP contribution in [0, 0.1) is 0 Å². The van der Waals surface area contributed by atoms with E-state index in [0.29, 0.717) is 11.7 Å². The number of para-hydroxylation sites is 1. The van der Waals surface area contributed by atoms with E-state index in [1.807, 2.05) is 61.6 Å². The molecule has 3 aromatic rings. The van der Waals surface area contributed by atoms with Crippen molar-refractivity contribution in [1.82, 2.24) is 15.3 Å². The number of thioether (sulfide) groups is 1. The number of hydrogen-bond donors (Lipinski definition) is 2. The van der Waals surface area contributed by atoms with Crippen LogP contribution in [0.1, 0.15) is 5.56 Å². The number of carbonyl (C=O) groups is 1. The highest BCUT2D eigenvalue weighted by atomic mass is 32.2. The Morgan fingerprint density at radius 3 is 2.58 bits per heavy atom. The molecule has 0 saturated heterocycles. The summed E-state index contributed by atoms with van der Waals surface area (Å²) in [6.07, 6.45) is 0. The number of fused-ring (bicyclic) bond motifs is 1. The van der Waals surface area contributed by atoms with Crippen molar-refractivity contribution in [1.29, 1.82) is 0 Å². The van der Waals surface area contributed by atoms with Gasteiger partial charge in [-0.05, 0) is 17.7 Å². The first-order chi connectivity index (χ1) is 11.8. The second-order valence-corrected chi connectivity index (χ2v) is 6.12. The summed E-state index contributed by atoms with van der Waals surface area (Å²) in [6.45, 7) is 0.528. The fourth-order valence-corrected chi connectivity index (χ4v) is 2.97. The number of rotatable bonds is 6. The van der Waals surface area contributed by atoms with Crippen molar-refractivity contribution in [3.63, 3.8) is 0 Å². The SMILES string of the molecule is CNc1nc(SCC(=O)NCc2ccccc2)nc2ccccc12. The van der Waals surface area contributed by atoms with Gasteiger partial charge in [0.1, 0.15) is 5.82 Å². The summed E-state index contributed by atoms with van der Waals surface area (Å²) in [4.78, 5) is 21.0. The zero-order chi connectivity index (χ0) is 16.8. The van der Waals surface area contributed by atoms with Gasteiger partial charge in [-0.1, -0.05) is 54.2 Å². The third-order valence-corrected chi connectivity index (χ3v) is 4.33. The molecule has 0 aliphatic heterocycles. The summed E-state index contributed by atoms with van der Waals surface area (Å²) in [5.41, 5.74) is 1.94. The van der Waals surface area contributed by atoms with E-state index in [4.69, 9.17) is 0 Å². The zero-order valence-electron chi connectivity index (χ0n) is 13.3. The monoisotopic (exact) mass is 338 g/mol. The first kappa shape index (κ1) is 16.3. The van der Waals surface area contributed by atoms with E-state index >= 15 is 0 Å². The Kier molecular flexibility index (Phi) is 5.28. The number of nitrogens with zero attached hydrogens (tertiary/aromatic N) is 2. The van der Waals surface area contributed by atoms with Crippen LogP contribution in [0.3, 0.4) is 0 Å². The number of carbonyl (C=O) groups excluding carboxylic acids is 1. The Balaban J connectivity index is 1.62. The molecule has 0 spiro atoms. The Hall–Kier alpha value is -2.60. The van der Waals surface area contributed by atoms with E-state index in [9.17, 15) is 4.79 Å². The minimum atomic E-state index is -0.0355. The molecule has 24 heavy (non-hydrogen) atoms. The summed E-state index contributed by atoms with van der Waals surface area (Å²) < 4.78 is 0. The molecule has 0 atom stereocenters. The second kappa shape index (κ2) is 7.79. The Morgan fingerprint density at radius 2 is 1.79 bits per heavy atom. The molecule has 1 heterocycles. The predicted molar refractivity (Wildman–Crippen MR) is 98.1 cm³/mol. The van der Waals surface area contributed by atoms with Crippen molar-refractivity contribution in [3.05, 3.63) is 60.2 Å². The highest BCUT2D eigenvalue weighted by Crippen LogP contribution is 2.23. The van der Waals surface area contributed by atoms with Gasteiger partial charge >= 0.3 is 0 Å². The lowest BCUT2D eigenvalue weighted by Gasteiger charge is -2.08. The van der Waals surface area contributed by atoms with Gasteiger partial charge in [0.2, 0.25) is 5.91 Å². The lowest BCUT2D eigenvalue weighted by molar-refractivity contribution is -0.118. The first-order valence-electron chi connectivity index (χ1n) is 7.64. The molecule has 5 nitrogen and oxygen atoms in total. The summed E-state index contributed by atoms with van der Waals surface area (Å²) in [7, 11) is 1.83. The fraction of sp³-hybridized carbons (Fsp3) is 0.167. The van der Waals surface area contributed by atoms with Gasteiger partial charge in [0, 0.05) is 19.0 Å². The minimum Gasteiger partial charge on any atom is -0.372 e. The lowest BCUT2D eigenvalue weighted by Crippen LogP contribution is -2.24. The molecule has 3 rings (SSSR count). The minimum absolute atomic E-state index is 0.0355. The molecule has 0 radical (unpaired) electrons. The molecular formula is C18H18N4OS. The van der Waals surface area contributed by atoms with Crippen LogP contribution in [0.2, 0.25) is 0 Å². The van der Waals surface area contributed by atoms with Crippen LogP contribution < -0.4 is 10.6 Å². The van der Waals surface area contributed by atoms with E-state index in [1.165, 1.54) is 11.8 Å². The lowest BCUT2D eigenvalue weighted by atomic mass is 10.2. The van der Waals surface area contributed by atoms with Crippen molar-refractivity contribution in [2.75, 3.05) is 18.1 Å².